The Morgan fingerprint density at radius 3 is 2.72 bits per heavy atom. The van der Waals surface area contributed by atoms with Crippen molar-refractivity contribution in [3.05, 3.63) is 17.5 Å². The lowest BCUT2D eigenvalue weighted by atomic mass is 9.98. The van der Waals surface area contributed by atoms with Crippen molar-refractivity contribution in [2.24, 2.45) is 5.92 Å². The molecule has 0 atom stereocenters. The van der Waals surface area contributed by atoms with Gasteiger partial charge in [-0.1, -0.05) is 0 Å². The fourth-order valence-corrected chi connectivity index (χ4v) is 3.24. The highest BCUT2D eigenvalue weighted by Crippen LogP contribution is 2.19. The maximum Gasteiger partial charge on any atom is 0.0906 e. The van der Waals surface area contributed by atoms with E-state index in [0.29, 0.717) is 0 Å². The summed E-state index contributed by atoms with van der Waals surface area (Å²) in [5.74, 6) is 0.892. The number of hydrogen-bond acceptors (Lipinski definition) is 4. The van der Waals surface area contributed by atoms with E-state index in [1.165, 1.54) is 37.5 Å². The lowest BCUT2D eigenvalue weighted by Gasteiger charge is -2.28. The van der Waals surface area contributed by atoms with Crippen molar-refractivity contribution in [1.82, 2.24) is 10.2 Å². The smallest absolute Gasteiger partial charge is 0.0906 e. The van der Waals surface area contributed by atoms with Gasteiger partial charge in [-0.2, -0.15) is 0 Å². The molecule has 0 aromatic carbocycles. The Hall–Kier alpha value is -0.580. The monoisotopic (exact) mass is 267 g/mol. The molecule has 2 rings (SSSR count). The minimum Gasteiger partial charge on any atom is -0.365 e. The first-order valence-corrected chi connectivity index (χ1v) is 7.77. The van der Waals surface area contributed by atoms with Crippen LogP contribution in [0.15, 0.2) is 17.5 Å². The van der Waals surface area contributed by atoms with Gasteiger partial charge in [-0.05, 0) is 56.4 Å². The molecule has 0 radical (unpaired) electrons. The van der Waals surface area contributed by atoms with Crippen molar-refractivity contribution in [3.63, 3.8) is 0 Å². The average Bonchev–Trinajstić information content (AvgIpc) is 2.91. The Morgan fingerprint density at radius 2 is 2.06 bits per heavy atom. The van der Waals surface area contributed by atoms with Crippen molar-refractivity contribution in [1.29, 1.82) is 0 Å². The van der Waals surface area contributed by atoms with Gasteiger partial charge in [-0.25, -0.2) is 0 Å². The summed E-state index contributed by atoms with van der Waals surface area (Å²) < 4.78 is 0. The Kier molecular flexibility index (Phi) is 5.47. The number of likely N-dealkylation sites (N-methyl/N-ethyl adjacent to an activating group) is 2. The number of anilines is 1. The average molecular weight is 267 g/mol. The molecule has 0 saturated carbocycles. The van der Waals surface area contributed by atoms with Gasteiger partial charge in [-0.3, -0.25) is 0 Å². The van der Waals surface area contributed by atoms with Gasteiger partial charge in [0.25, 0.3) is 0 Å². The summed E-state index contributed by atoms with van der Waals surface area (Å²) in [7, 11) is 4.44. The Labute approximate surface area is 115 Å². The normalized spacial score (nSPS) is 17.3. The fraction of sp³-hybridized carbons (Fsp3) is 0.714. The van der Waals surface area contributed by atoms with E-state index in [9.17, 15) is 0 Å². The maximum atomic E-state index is 3.43. The van der Waals surface area contributed by atoms with E-state index in [1.807, 2.05) is 11.3 Å². The highest BCUT2D eigenvalue weighted by atomic mass is 32.1. The molecule has 3 nitrogen and oxygen atoms in total. The Morgan fingerprint density at radius 1 is 1.28 bits per heavy atom. The summed E-state index contributed by atoms with van der Waals surface area (Å²) in [6, 6.07) is 4.31. The fourth-order valence-electron chi connectivity index (χ4n) is 2.51. The lowest BCUT2D eigenvalue weighted by molar-refractivity contribution is 0.244. The molecule has 1 saturated heterocycles. The molecule has 2 heterocycles. The molecule has 1 aromatic rings. The van der Waals surface area contributed by atoms with Crippen molar-refractivity contribution in [2.45, 2.75) is 12.8 Å². The predicted molar refractivity (Wildman–Crippen MR) is 80.7 cm³/mol. The SMILES string of the molecule is CN(CCN(C)c1cccs1)CC1CCNCC1. The van der Waals surface area contributed by atoms with Gasteiger partial charge in [0.05, 0.1) is 5.00 Å². The molecule has 18 heavy (non-hydrogen) atoms. The zero-order valence-corrected chi connectivity index (χ0v) is 12.4. The van der Waals surface area contributed by atoms with Gasteiger partial charge < -0.3 is 15.1 Å². The van der Waals surface area contributed by atoms with Crippen LogP contribution in [-0.4, -0.2) is 51.7 Å². The van der Waals surface area contributed by atoms with Crippen LogP contribution in [0.25, 0.3) is 0 Å². The molecule has 1 aliphatic rings. The van der Waals surface area contributed by atoms with Crippen LogP contribution in [0, 0.1) is 5.92 Å². The van der Waals surface area contributed by atoms with Gasteiger partial charge >= 0.3 is 0 Å². The summed E-state index contributed by atoms with van der Waals surface area (Å²) in [5, 5.41) is 6.94. The van der Waals surface area contributed by atoms with Gasteiger partial charge in [0.15, 0.2) is 0 Å². The minimum atomic E-state index is 0.892. The van der Waals surface area contributed by atoms with Gasteiger partial charge in [0.1, 0.15) is 0 Å². The zero-order valence-electron chi connectivity index (χ0n) is 11.6. The third-order valence-corrected chi connectivity index (χ3v) is 4.71. The molecule has 102 valence electrons. The van der Waals surface area contributed by atoms with Crippen LogP contribution < -0.4 is 10.2 Å². The number of rotatable bonds is 6. The van der Waals surface area contributed by atoms with Crippen molar-refractivity contribution >= 4 is 16.3 Å². The van der Waals surface area contributed by atoms with Gasteiger partial charge in [0, 0.05) is 26.7 Å². The van der Waals surface area contributed by atoms with E-state index in [2.05, 4.69) is 46.7 Å². The number of nitrogens with zero attached hydrogens (tertiary/aromatic N) is 2. The van der Waals surface area contributed by atoms with Crippen molar-refractivity contribution < 1.29 is 0 Å². The maximum absolute atomic E-state index is 3.43. The van der Waals surface area contributed by atoms with Crippen LogP contribution in [-0.2, 0) is 0 Å². The topological polar surface area (TPSA) is 18.5 Å². The van der Waals surface area contributed by atoms with Crippen LogP contribution in [0.1, 0.15) is 12.8 Å². The zero-order chi connectivity index (χ0) is 12.8. The second kappa shape index (κ2) is 7.12. The highest BCUT2D eigenvalue weighted by molar-refractivity contribution is 7.14. The van der Waals surface area contributed by atoms with E-state index in [1.54, 1.807) is 0 Å². The number of hydrogen-bond donors (Lipinski definition) is 1. The first kappa shape index (κ1) is 13.8. The van der Waals surface area contributed by atoms with Crippen LogP contribution in [0.3, 0.4) is 0 Å². The van der Waals surface area contributed by atoms with Crippen LogP contribution in [0.4, 0.5) is 5.00 Å². The molecule has 0 spiro atoms. The summed E-state index contributed by atoms with van der Waals surface area (Å²) >= 11 is 1.82. The molecule has 1 fully saturated rings. The van der Waals surface area contributed by atoms with Crippen molar-refractivity contribution in [2.75, 3.05) is 51.7 Å². The summed E-state index contributed by atoms with van der Waals surface area (Å²) in [4.78, 5) is 4.84. The molecule has 0 aliphatic carbocycles. The standard InChI is InChI=1S/C14H25N3S/c1-16(12-13-5-7-15-8-6-13)9-10-17(2)14-4-3-11-18-14/h3-4,11,13,15H,5-10,12H2,1-2H3. The summed E-state index contributed by atoms with van der Waals surface area (Å²) in [5.41, 5.74) is 0. The number of nitrogens with one attached hydrogen (secondary N) is 1. The van der Waals surface area contributed by atoms with Crippen molar-refractivity contribution in [3.8, 4) is 0 Å². The van der Waals surface area contributed by atoms with Crippen LogP contribution in [0.2, 0.25) is 0 Å². The predicted octanol–water partition coefficient (Wildman–Crippen LogP) is 2.12. The van der Waals surface area contributed by atoms with E-state index in [0.717, 1.165) is 19.0 Å². The molecule has 1 N–H and O–H groups in total. The molecular formula is C14H25N3S. The van der Waals surface area contributed by atoms with E-state index in [-0.39, 0.29) is 0 Å². The Bertz CT molecular complexity index is 320. The molecule has 4 heteroatoms. The Balaban J connectivity index is 1.66. The highest BCUT2D eigenvalue weighted by Gasteiger charge is 2.15. The second-order valence-electron chi connectivity index (χ2n) is 5.33. The second-order valence-corrected chi connectivity index (χ2v) is 6.25. The molecule has 1 aromatic heterocycles. The van der Waals surface area contributed by atoms with Gasteiger partial charge in [0.2, 0.25) is 0 Å². The van der Waals surface area contributed by atoms with E-state index in [4.69, 9.17) is 0 Å². The molecule has 0 bridgehead atoms. The summed E-state index contributed by atoms with van der Waals surface area (Å²) in [6.07, 6.45) is 2.68. The first-order valence-electron chi connectivity index (χ1n) is 6.89. The molecule has 0 unspecified atom stereocenters. The third-order valence-electron chi connectivity index (χ3n) is 3.73. The number of piperidine rings is 1. The van der Waals surface area contributed by atoms with Crippen LogP contribution in [0.5, 0.6) is 0 Å². The minimum absolute atomic E-state index is 0.892. The lowest BCUT2D eigenvalue weighted by Crippen LogP contribution is -2.37. The molecule has 0 amide bonds. The quantitative estimate of drug-likeness (QED) is 0.852. The van der Waals surface area contributed by atoms with Gasteiger partial charge in [-0.15, -0.1) is 11.3 Å². The van der Waals surface area contributed by atoms with E-state index < -0.39 is 0 Å². The molecular weight excluding hydrogens is 242 g/mol. The first-order chi connectivity index (χ1) is 8.75. The third kappa shape index (κ3) is 4.26. The molecule has 1 aliphatic heterocycles. The van der Waals surface area contributed by atoms with Crippen LogP contribution >= 0.6 is 11.3 Å². The largest absolute Gasteiger partial charge is 0.365 e. The van der Waals surface area contributed by atoms with E-state index >= 15 is 0 Å². The number of thiophene rings is 1. The summed E-state index contributed by atoms with van der Waals surface area (Å²) in [6.45, 7) is 5.92.